The summed E-state index contributed by atoms with van der Waals surface area (Å²) >= 11 is 1.28. The molecular weight excluding hydrogens is 364 g/mol. The fourth-order valence-electron chi connectivity index (χ4n) is 2.62. The summed E-state index contributed by atoms with van der Waals surface area (Å²) in [6.07, 6.45) is 1.76. The maximum absolute atomic E-state index is 12.2. The second-order valence-electron chi connectivity index (χ2n) is 5.97. The normalized spacial score (nSPS) is 10.6. The standard InChI is InChI=1S/C19H18N4O3S/c1-13-8-9-15(16(10-13)23(25)26)21-18(24)12-27-19-20-11-17(22(19)2)14-6-4-3-5-7-14/h3-11H,12H2,1-2H3,(H,21,24). The zero-order valence-electron chi connectivity index (χ0n) is 14.9. The Bertz CT molecular complexity index is 986. The molecule has 8 heteroatoms. The van der Waals surface area contributed by atoms with Crippen LogP contribution in [0.5, 0.6) is 0 Å². The van der Waals surface area contributed by atoms with E-state index in [0.29, 0.717) is 5.16 Å². The largest absolute Gasteiger partial charge is 0.322 e. The molecule has 0 radical (unpaired) electrons. The van der Waals surface area contributed by atoms with Gasteiger partial charge in [0.15, 0.2) is 5.16 Å². The highest BCUT2D eigenvalue weighted by Gasteiger charge is 2.17. The number of aryl methyl sites for hydroxylation is 1. The second-order valence-corrected chi connectivity index (χ2v) is 6.91. The monoisotopic (exact) mass is 382 g/mol. The SMILES string of the molecule is Cc1ccc(NC(=O)CSc2ncc(-c3ccccc3)n2C)c([N+](=O)[O-])c1. The fraction of sp³-hybridized carbons (Fsp3) is 0.158. The van der Waals surface area contributed by atoms with E-state index in [1.54, 1.807) is 25.3 Å². The van der Waals surface area contributed by atoms with Crippen molar-refractivity contribution in [3.05, 3.63) is 70.4 Å². The van der Waals surface area contributed by atoms with Gasteiger partial charge in [0.1, 0.15) is 5.69 Å². The number of hydrogen-bond donors (Lipinski definition) is 1. The summed E-state index contributed by atoms with van der Waals surface area (Å²) in [6.45, 7) is 1.76. The molecule has 1 aromatic heterocycles. The van der Waals surface area contributed by atoms with Crippen LogP contribution < -0.4 is 5.32 Å². The fourth-order valence-corrected chi connectivity index (χ4v) is 3.37. The van der Waals surface area contributed by atoms with Gasteiger partial charge in [0.05, 0.1) is 22.6 Å². The molecule has 3 rings (SSSR count). The molecule has 0 fully saturated rings. The number of nitrogens with one attached hydrogen (secondary N) is 1. The van der Waals surface area contributed by atoms with Crippen LogP contribution in [-0.2, 0) is 11.8 Å². The number of benzene rings is 2. The molecule has 0 aliphatic rings. The molecule has 0 bridgehead atoms. The Morgan fingerprint density at radius 2 is 2.00 bits per heavy atom. The molecule has 2 aromatic carbocycles. The molecule has 138 valence electrons. The highest BCUT2D eigenvalue weighted by atomic mass is 32.2. The number of aromatic nitrogens is 2. The summed E-state index contributed by atoms with van der Waals surface area (Å²) < 4.78 is 1.92. The van der Waals surface area contributed by atoms with Crippen molar-refractivity contribution in [1.29, 1.82) is 0 Å². The number of rotatable bonds is 6. The molecule has 1 N–H and O–H groups in total. The van der Waals surface area contributed by atoms with Gasteiger partial charge >= 0.3 is 0 Å². The van der Waals surface area contributed by atoms with E-state index in [9.17, 15) is 14.9 Å². The highest BCUT2D eigenvalue weighted by Crippen LogP contribution is 2.27. The zero-order valence-corrected chi connectivity index (χ0v) is 15.7. The van der Waals surface area contributed by atoms with Crippen LogP contribution in [0.2, 0.25) is 0 Å². The molecule has 0 spiro atoms. The predicted molar refractivity (Wildman–Crippen MR) is 106 cm³/mol. The van der Waals surface area contributed by atoms with E-state index in [-0.39, 0.29) is 23.0 Å². The minimum absolute atomic E-state index is 0.101. The maximum Gasteiger partial charge on any atom is 0.293 e. The van der Waals surface area contributed by atoms with Crippen molar-refractivity contribution >= 4 is 29.0 Å². The zero-order chi connectivity index (χ0) is 19.4. The lowest BCUT2D eigenvalue weighted by atomic mass is 10.2. The Morgan fingerprint density at radius 1 is 1.26 bits per heavy atom. The molecule has 27 heavy (non-hydrogen) atoms. The number of anilines is 1. The van der Waals surface area contributed by atoms with Crippen LogP contribution in [0.15, 0.2) is 59.9 Å². The first-order chi connectivity index (χ1) is 13.0. The van der Waals surface area contributed by atoms with Crippen molar-refractivity contribution in [2.24, 2.45) is 7.05 Å². The van der Waals surface area contributed by atoms with Crippen LogP contribution in [0.4, 0.5) is 11.4 Å². The molecule has 0 saturated heterocycles. The first kappa shape index (κ1) is 18.7. The van der Waals surface area contributed by atoms with Gasteiger partial charge in [0, 0.05) is 13.1 Å². The van der Waals surface area contributed by atoms with Crippen molar-refractivity contribution in [3.8, 4) is 11.3 Å². The number of carbonyl (C=O) groups excluding carboxylic acids is 1. The third-order valence-electron chi connectivity index (χ3n) is 3.97. The average molecular weight is 382 g/mol. The minimum atomic E-state index is -0.499. The predicted octanol–water partition coefficient (Wildman–Crippen LogP) is 4.03. The average Bonchev–Trinajstić information content (AvgIpc) is 3.02. The van der Waals surface area contributed by atoms with Crippen molar-refractivity contribution in [2.45, 2.75) is 12.1 Å². The Labute approximate surface area is 160 Å². The number of carbonyl (C=O) groups is 1. The van der Waals surface area contributed by atoms with Gasteiger partial charge in [-0.25, -0.2) is 4.98 Å². The van der Waals surface area contributed by atoms with E-state index in [1.165, 1.54) is 17.8 Å². The van der Waals surface area contributed by atoms with Gasteiger partial charge in [-0.2, -0.15) is 0 Å². The van der Waals surface area contributed by atoms with Crippen molar-refractivity contribution in [3.63, 3.8) is 0 Å². The number of nitro benzene ring substituents is 1. The van der Waals surface area contributed by atoms with Gasteiger partial charge in [0.2, 0.25) is 5.91 Å². The van der Waals surface area contributed by atoms with Crippen molar-refractivity contribution < 1.29 is 9.72 Å². The quantitative estimate of drug-likeness (QED) is 0.395. The molecular formula is C19H18N4O3S. The second kappa shape index (κ2) is 8.05. The van der Waals surface area contributed by atoms with Crippen molar-refractivity contribution in [2.75, 3.05) is 11.1 Å². The lowest BCUT2D eigenvalue weighted by Gasteiger charge is -2.08. The number of nitro groups is 1. The number of hydrogen-bond acceptors (Lipinski definition) is 5. The van der Waals surface area contributed by atoms with Gasteiger partial charge in [-0.3, -0.25) is 14.9 Å². The summed E-state index contributed by atoms with van der Waals surface area (Å²) in [4.78, 5) is 27.3. The molecule has 1 heterocycles. The van der Waals surface area contributed by atoms with Gasteiger partial charge < -0.3 is 9.88 Å². The Balaban J connectivity index is 1.67. The van der Waals surface area contributed by atoms with Gasteiger partial charge in [-0.1, -0.05) is 48.2 Å². The summed E-state index contributed by atoms with van der Waals surface area (Å²) in [7, 11) is 1.89. The number of imidazole rings is 1. The molecule has 0 unspecified atom stereocenters. The molecule has 0 aliphatic heterocycles. The van der Waals surface area contributed by atoms with E-state index in [1.807, 2.05) is 41.9 Å². The van der Waals surface area contributed by atoms with Gasteiger partial charge in [-0.15, -0.1) is 0 Å². The van der Waals surface area contributed by atoms with E-state index in [0.717, 1.165) is 16.8 Å². The minimum Gasteiger partial charge on any atom is -0.322 e. The Hall–Kier alpha value is -3.13. The van der Waals surface area contributed by atoms with Gasteiger partial charge in [0.25, 0.3) is 5.69 Å². The number of amides is 1. The number of nitrogens with zero attached hydrogens (tertiary/aromatic N) is 3. The summed E-state index contributed by atoms with van der Waals surface area (Å²) in [5, 5.41) is 14.5. The molecule has 0 atom stereocenters. The number of thioether (sulfide) groups is 1. The maximum atomic E-state index is 12.2. The molecule has 1 amide bonds. The van der Waals surface area contributed by atoms with E-state index < -0.39 is 4.92 Å². The van der Waals surface area contributed by atoms with Crippen molar-refractivity contribution in [1.82, 2.24) is 9.55 Å². The first-order valence-corrected chi connectivity index (χ1v) is 9.19. The topological polar surface area (TPSA) is 90.1 Å². The Morgan fingerprint density at radius 3 is 2.70 bits per heavy atom. The lowest BCUT2D eigenvalue weighted by Crippen LogP contribution is -2.15. The molecule has 3 aromatic rings. The van der Waals surface area contributed by atoms with Gasteiger partial charge in [-0.05, 0) is 24.1 Å². The van der Waals surface area contributed by atoms with E-state index in [4.69, 9.17) is 0 Å². The highest BCUT2D eigenvalue weighted by molar-refractivity contribution is 7.99. The van der Waals surface area contributed by atoms with Crippen LogP contribution in [-0.4, -0.2) is 26.1 Å². The third kappa shape index (κ3) is 4.35. The lowest BCUT2D eigenvalue weighted by molar-refractivity contribution is -0.384. The van der Waals surface area contributed by atoms with E-state index >= 15 is 0 Å². The van der Waals surface area contributed by atoms with Crippen LogP contribution in [0.1, 0.15) is 5.56 Å². The van der Waals surface area contributed by atoms with Crippen LogP contribution in [0.3, 0.4) is 0 Å². The molecule has 7 nitrogen and oxygen atoms in total. The Kier molecular flexibility index (Phi) is 5.56. The van der Waals surface area contributed by atoms with Crippen LogP contribution in [0, 0.1) is 17.0 Å². The third-order valence-corrected chi connectivity index (χ3v) is 5.02. The summed E-state index contributed by atoms with van der Waals surface area (Å²) in [5.74, 6) is -0.222. The van der Waals surface area contributed by atoms with E-state index in [2.05, 4.69) is 10.3 Å². The summed E-state index contributed by atoms with van der Waals surface area (Å²) in [6, 6.07) is 14.6. The smallest absolute Gasteiger partial charge is 0.293 e. The molecule has 0 saturated carbocycles. The molecule has 0 aliphatic carbocycles. The summed E-state index contributed by atoms with van der Waals surface area (Å²) in [5.41, 5.74) is 2.83. The van der Waals surface area contributed by atoms with Crippen LogP contribution in [0.25, 0.3) is 11.3 Å². The first-order valence-electron chi connectivity index (χ1n) is 8.20. The van der Waals surface area contributed by atoms with Crippen LogP contribution >= 0.6 is 11.8 Å².